The zero-order chi connectivity index (χ0) is 24.6. The Morgan fingerprint density at radius 3 is 2.75 bits per heavy atom. The molecule has 2 bridgehead atoms. The first-order valence-electron chi connectivity index (χ1n) is 12.5. The Hall–Kier alpha value is -3.91. The van der Waals surface area contributed by atoms with Crippen LogP contribution in [-0.2, 0) is 11.3 Å². The van der Waals surface area contributed by atoms with E-state index in [2.05, 4.69) is 44.5 Å². The lowest BCUT2D eigenvalue weighted by atomic mass is 9.91. The number of nitriles is 1. The molecule has 6 rings (SSSR count). The Morgan fingerprint density at radius 1 is 1.22 bits per heavy atom. The molecule has 2 aliphatic heterocycles. The van der Waals surface area contributed by atoms with Gasteiger partial charge in [-0.3, -0.25) is 9.48 Å². The molecule has 1 amide bonds. The summed E-state index contributed by atoms with van der Waals surface area (Å²) in [6.07, 6.45) is 9.44. The van der Waals surface area contributed by atoms with Gasteiger partial charge in [0.2, 0.25) is 11.9 Å². The van der Waals surface area contributed by atoms with Crippen LogP contribution < -0.4 is 10.2 Å². The van der Waals surface area contributed by atoms with Gasteiger partial charge in [-0.2, -0.15) is 15.3 Å². The monoisotopic (exact) mass is 486 g/mol. The van der Waals surface area contributed by atoms with E-state index in [1.165, 1.54) is 5.57 Å². The largest absolute Gasteiger partial charge is 0.367 e. The number of nitrogens with zero attached hydrogens (tertiary/aromatic N) is 9. The molecule has 2 atom stereocenters. The third-order valence-electron chi connectivity index (χ3n) is 7.64. The van der Waals surface area contributed by atoms with Crippen molar-refractivity contribution in [3.8, 4) is 6.07 Å². The Balaban J connectivity index is 1.15. The molecule has 3 aromatic heterocycles. The van der Waals surface area contributed by atoms with Gasteiger partial charge >= 0.3 is 0 Å². The lowest BCUT2D eigenvalue weighted by molar-refractivity contribution is -0.133. The molecule has 11 heteroatoms. The maximum atomic E-state index is 12.6. The normalized spacial score (nSPS) is 22.2. The van der Waals surface area contributed by atoms with Crippen molar-refractivity contribution in [2.45, 2.75) is 19.4 Å². The van der Waals surface area contributed by atoms with Gasteiger partial charge in [-0.05, 0) is 43.9 Å². The number of pyridine rings is 1. The third-order valence-corrected chi connectivity index (χ3v) is 7.64. The lowest BCUT2D eigenvalue weighted by Crippen LogP contribution is -2.48. The maximum Gasteiger partial charge on any atom is 0.247 e. The molecule has 0 aromatic carbocycles. The molecule has 2 unspecified atom stereocenters. The van der Waals surface area contributed by atoms with Gasteiger partial charge in [0, 0.05) is 57.7 Å². The van der Waals surface area contributed by atoms with Crippen molar-refractivity contribution in [2.24, 2.45) is 11.8 Å². The predicted molar refractivity (Wildman–Crippen MR) is 135 cm³/mol. The molecular formula is C25H30N10O. The first-order chi connectivity index (χ1) is 17.6. The average Bonchev–Trinajstić information content (AvgIpc) is 3.55. The van der Waals surface area contributed by atoms with Crippen LogP contribution in [0.2, 0.25) is 0 Å². The Kier molecular flexibility index (Phi) is 5.81. The van der Waals surface area contributed by atoms with Gasteiger partial charge in [0.1, 0.15) is 6.54 Å². The minimum Gasteiger partial charge on any atom is -0.367 e. The molecule has 1 aliphatic carbocycles. The van der Waals surface area contributed by atoms with Crippen LogP contribution in [0.3, 0.4) is 0 Å². The number of amides is 1. The second-order valence-corrected chi connectivity index (χ2v) is 9.98. The van der Waals surface area contributed by atoms with E-state index in [9.17, 15) is 4.79 Å². The van der Waals surface area contributed by atoms with Crippen molar-refractivity contribution in [3.05, 3.63) is 42.4 Å². The molecule has 0 spiro atoms. The van der Waals surface area contributed by atoms with Crippen molar-refractivity contribution < 1.29 is 4.79 Å². The van der Waals surface area contributed by atoms with E-state index in [-0.39, 0.29) is 12.5 Å². The standard InChI is InChI=1S/C25H30N10O/c1-31-9-11-32(12-10-31)23(36)17-34-16-20(13-27-34)28-25-29-24-22(3-2-8-35(24)30-25)33-14-18-4-5-19(15-33)21(18)6-7-26/h2-3,6,8,13,16,18-19H,4-5,9-12,14-15,17H2,1H3,(H,28,30). The first kappa shape index (κ1) is 22.5. The highest BCUT2D eigenvalue weighted by Gasteiger charge is 2.38. The van der Waals surface area contributed by atoms with Crippen LogP contribution in [0.5, 0.6) is 0 Å². The van der Waals surface area contributed by atoms with E-state index in [0.29, 0.717) is 17.8 Å². The summed E-state index contributed by atoms with van der Waals surface area (Å²) in [6.45, 7) is 5.31. The third kappa shape index (κ3) is 4.28. The highest BCUT2D eigenvalue weighted by atomic mass is 16.2. The Labute approximate surface area is 209 Å². The van der Waals surface area contributed by atoms with Gasteiger partial charge in [-0.25, -0.2) is 4.52 Å². The quantitative estimate of drug-likeness (QED) is 0.543. The SMILES string of the molecule is CN1CCN(C(=O)Cn2cc(Nc3nc4c(N5CC6CCC(C5)C6=CC#N)cccn4n3)cn2)CC1. The molecule has 1 N–H and O–H groups in total. The molecule has 0 radical (unpaired) electrons. The van der Waals surface area contributed by atoms with E-state index in [0.717, 1.165) is 69.1 Å². The number of anilines is 3. The number of carbonyl (C=O) groups is 1. The topological polar surface area (TPSA) is 111 Å². The highest BCUT2D eigenvalue weighted by molar-refractivity contribution is 5.76. The Morgan fingerprint density at radius 2 is 2.00 bits per heavy atom. The minimum absolute atomic E-state index is 0.0801. The van der Waals surface area contributed by atoms with Crippen molar-refractivity contribution in [1.29, 1.82) is 5.26 Å². The molecule has 2 saturated heterocycles. The van der Waals surface area contributed by atoms with E-state index in [1.54, 1.807) is 21.5 Å². The number of hydrogen-bond acceptors (Lipinski definition) is 8. The van der Waals surface area contributed by atoms with Crippen LogP contribution in [0, 0.1) is 23.2 Å². The Bertz CT molecular complexity index is 1330. The van der Waals surface area contributed by atoms with Crippen molar-refractivity contribution in [3.63, 3.8) is 0 Å². The van der Waals surface area contributed by atoms with Crippen LogP contribution in [-0.4, -0.2) is 86.4 Å². The maximum absolute atomic E-state index is 12.6. The number of nitrogens with one attached hydrogen (secondary N) is 1. The molecule has 186 valence electrons. The number of piperidine rings is 1. The summed E-state index contributed by atoms with van der Waals surface area (Å²) in [5, 5.41) is 21.3. The fourth-order valence-electron chi connectivity index (χ4n) is 5.71. The average molecular weight is 487 g/mol. The van der Waals surface area contributed by atoms with Crippen LogP contribution in [0.1, 0.15) is 12.8 Å². The molecule has 3 aliphatic rings. The van der Waals surface area contributed by atoms with Crippen molar-refractivity contribution in [1.82, 2.24) is 34.2 Å². The second-order valence-electron chi connectivity index (χ2n) is 9.98. The molecular weight excluding hydrogens is 456 g/mol. The lowest BCUT2D eigenvalue weighted by Gasteiger charge is -2.35. The number of hydrogen-bond donors (Lipinski definition) is 1. The number of fused-ring (bicyclic) bond motifs is 3. The summed E-state index contributed by atoms with van der Waals surface area (Å²) in [7, 11) is 2.07. The molecule has 11 nitrogen and oxygen atoms in total. The fourth-order valence-corrected chi connectivity index (χ4v) is 5.71. The number of carbonyl (C=O) groups excluding carboxylic acids is 1. The van der Waals surface area contributed by atoms with Gasteiger partial charge in [0.25, 0.3) is 0 Å². The fraction of sp³-hybridized carbons (Fsp3) is 0.480. The number of likely N-dealkylation sites (N-methyl/N-ethyl adjacent to an activating group) is 1. The van der Waals surface area contributed by atoms with E-state index >= 15 is 0 Å². The van der Waals surface area contributed by atoms with E-state index in [4.69, 9.17) is 10.2 Å². The molecule has 3 fully saturated rings. The molecule has 36 heavy (non-hydrogen) atoms. The summed E-state index contributed by atoms with van der Waals surface area (Å²) in [4.78, 5) is 23.9. The molecule has 5 heterocycles. The number of aromatic nitrogens is 5. The van der Waals surface area contributed by atoms with Gasteiger partial charge < -0.3 is 20.0 Å². The summed E-state index contributed by atoms with van der Waals surface area (Å²) in [6, 6.07) is 6.32. The highest BCUT2D eigenvalue weighted by Crippen LogP contribution is 2.43. The van der Waals surface area contributed by atoms with Crippen LogP contribution >= 0.6 is 0 Å². The van der Waals surface area contributed by atoms with Crippen LogP contribution in [0.25, 0.3) is 5.65 Å². The summed E-state index contributed by atoms with van der Waals surface area (Å²) >= 11 is 0. The summed E-state index contributed by atoms with van der Waals surface area (Å²) in [5.74, 6) is 1.43. The van der Waals surface area contributed by atoms with E-state index in [1.807, 2.05) is 23.4 Å². The first-order valence-corrected chi connectivity index (χ1v) is 12.5. The molecule has 3 aromatic rings. The molecule has 1 saturated carbocycles. The van der Waals surface area contributed by atoms with Crippen molar-refractivity contribution in [2.75, 3.05) is 56.5 Å². The van der Waals surface area contributed by atoms with Gasteiger partial charge in [-0.1, -0.05) is 5.57 Å². The summed E-state index contributed by atoms with van der Waals surface area (Å²) < 4.78 is 3.45. The number of rotatable bonds is 5. The van der Waals surface area contributed by atoms with Gasteiger partial charge in [0.15, 0.2) is 5.65 Å². The minimum atomic E-state index is 0.0801. The zero-order valence-corrected chi connectivity index (χ0v) is 20.4. The van der Waals surface area contributed by atoms with Crippen molar-refractivity contribution >= 4 is 28.9 Å². The van der Waals surface area contributed by atoms with Crippen LogP contribution in [0.4, 0.5) is 17.3 Å². The second kappa shape index (κ2) is 9.28. The van der Waals surface area contributed by atoms with Crippen LogP contribution in [0.15, 0.2) is 42.4 Å². The van der Waals surface area contributed by atoms with Gasteiger partial charge in [-0.15, -0.1) is 5.10 Å². The smallest absolute Gasteiger partial charge is 0.247 e. The summed E-state index contributed by atoms with van der Waals surface area (Å²) in [5.41, 5.74) is 3.90. The van der Waals surface area contributed by atoms with E-state index < -0.39 is 0 Å². The van der Waals surface area contributed by atoms with Gasteiger partial charge in [0.05, 0.1) is 23.6 Å². The number of piperazine rings is 1. The number of allylic oxidation sites excluding steroid dienone is 1. The predicted octanol–water partition coefficient (Wildman–Crippen LogP) is 1.74. The zero-order valence-electron chi connectivity index (χ0n) is 20.4.